The SMILES string of the molecule is Cc1cccc(N(CC(=O)NCCOc2ccc(S(=O)(=O)N(C)C)cc2)S(C)(=O)=O)c1. The molecule has 0 aromatic heterocycles. The average molecular weight is 470 g/mol. The van der Waals surface area contributed by atoms with Gasteiger partial charge in [0.2, 0.25) is 26.0 Å². The van der Waals surface area contributed by atoms with Gasteiger partial charge in [0.25, 0.3) is 0 Å². The summed E-state index contributed by atoms with van der Waals surface area (Å²) in [7, 11) is -4.25. The van der Waals surface area contributed by atoms with Crippen molar-refractivity contribution in [2.75, 3.05) is 44.4 Å². The highest BCUT2D eigenvalue weighted by atomic mass is 32.2. The molecular formula is C20H27N3O6S2. The third-order valence-corrected chi connectivity index (χ3v) is 7.24. The Morgan fingerprint density at radius 2 is 1.68 bits per heavy atom. The maximum Gasteiger partial charge on any atom is 0.242 e. The Labute approximate surface area is 183 Å². The largest absolute Gasteiger partial charge is 0.492 e. The van der Waals surface area contributed by atoms with E-state index in [1.54, 1.807) is 18.2 Å². The number of anilines is 1. The van der Waals surface area contributed by atoms with Crippen molar-refractivity contribution in [1.82, 2.24) is 9.62 Å². The van der Waals surface area contributed by atoms with E-state index >= 15 is 0 Å². The molecule has 2 rings (SSSR count). The second-order valence-corrected chi connectivity index (χ2v) is 11.1. The summed E-state index contributed by atoms with van der Waals surface area (Å²) in [5.41, 5.74) is 1.30. The van der Waals surface area contributed by atoms with Gasteiger partial charge in [0.1, 0.15) is 18.9 Å². The molecule has 170 valence electrons. The molecule has 0 aliphatic heterocycles. The fourth-order valence-corrected chi connectivity index (χ4v) is 4.40. The summed E-state index contributed by atoms with van der Waals surface area (Å²) in [6.45, 7) is 1.78. The number of hydrogen-bond donors (Lipinski definition) is 1. The van der Waals surface area contributed by atoms with Gasteiger partial charge in [-0.3, -0.25) is 9.10 Å². The highest BCUT2D eigenvalue weighted by Crippen LogP contribution is 2.19. The van der Waals surface area contributed by atoms with Crippen molar-refractivity contribution in [3.8, 4) is 5.75 Å². The molecule has 0 aliphatic rings. The lowest BCUT2D eigenvalue weighted by Crippen LogP contribution is -2.41. The quantitative estimate of drug-likeness (QED) is 0.523. The summed E-state index contributed by atoms with van der Waals surface area (Å²) in [6.07, 6.45) is 1.05. The molecule has 0 fully saturated rings. The zero-order chi connectivity index (χ0) is 23.2. The molecule has 0 aliphatic carbocycles. The minimum atomic E-state index is -3.64. The smallest absolute Gasteiger partial charge is 0.242 e. The fourth-order valence-electron chi connectivity index (χ4n) is 2.65. The van der Waals surface area contributed by atoms with Crippen molar-refractivity contribution in [2.24, 2.45) is 0 Å². The lowest BCUT2D eigenvalue weighted by atomic mass is 10.2. The van der Waals surface area contributed by atoms with Gasteiger partial charge in [0.15, 0.2) is 0 Å². The predicted molar refractivity (Wildman–Crippen MR) is 119 cm³/mol. The van der Waals surface area contributed by atoms with Crippen LogP contribution in [0.15, 0.2) is 53.4 Å². The molecular weight excluding hydrogens is 442 g/mol. The van der Waals surface area contributed by atoms with Crippen LogP contribution in [0.5, 0.6) is 5.75 Å². The number of ether oxygens (including phenoxy) is 1. The zero-order valence-corrected chi connectivity index (χ0v) is 19.5. The lowest BCUT2D eigenvalue weighted by Gasteiger charge is -2.22. The van der Waals surface area contributed by atoms with E-state index in [4.69, 9.17) is 4.74 Å². The molecule has 0 saturated heterocycles. The Bertz CT molecular complexity index is 1110. The van der Waals surface area contributed by atoms with E-state index in [9.17, 15) is 21.6 Å². The van der Waals surface area contributed by atoms with Crippen LogP contribution in [0.3, 0.4) is 0 Å². The number of rotatable bonds is 10. The van der Waals surface area contributed by atoms with E-state index < -0.39 is 26.0 Å². The molecule has 31 heavy (non-hydrogen) atoms. The number of hydrogen-bond acceptors (Lipinski definition) is 6. The van der Waals surface area contributed by atoms with E-state index in [0.29, 0.717) is 11.4 Å². The molecule has 0 bridgehead atoms. The van der Waals surface area contributed by atoms with Gasteiger partial charge < -0.3 is 10.1 Å². The van der Waals surface area contributed by atoms with E-state index in [-0.39, 0.29) is 24.6 Å². The Morgan fingerprint density at radius 1 is 1.03 bits per heavy atom. The molecule has 0 unspecified atom stereocenters. The highest BCUT2D eigenvalue weighted by Gasteiger charge is 2.21. The summed E-state index contributed by atoms with van der Waals surface area (Å²) in [6, 6.07) is 12.8. The molecule has 9 nitrogen and oxygen atoms in total. The third-order valence-electron chi connectivity index (χ3n) is 4.27. The number of carbonyl (C=O) groups excluding carboxylic acids is 1. The van der Waals surface area contributed by atoms with Gasteiger partial charge in [-0.25, -0.2) is 21.1 Å². The van der Waals surface area contributed by atoms with Crippen molar-refractivity contribution < 1.29 is 26.4 Å². The zero-order valence-electron chi connectivity index (χ0n) is 17.9. The molecule has 0 saturated carbocycles. The number of sulfonamides is 2. The number of amides is 1. The maximum atomic E-state index is 12.2. The molecule has 1 amide bonds. The van der Waals surface area contributed by atoms with E-state index in [2.05, 4.69) is 5.32 Å². The number of nitrogens with one attached hydrogen (secondary N) is 1. The second kappa shape index (κ2) is 10.1. The molecule has 2 aromatic carbocycles. The Balaban J connectivity index is 1.89. The fraction of sp³-hybridized carbons (Fsp3) is 0.350. The van der Waals surface area contributed by atoms with Crippen LogP contribution in [0.1, 0.15) is 5.56 Å². The first-order chi connectivity index (χ1) is 14.4. The van der Waals surface area contributed by atoms with Gasteiger partial charge in [-0.05, 0) is 48.9 Å². The predicted octanol–water partition coefficient (Wildman–Crippen LogP) is 1.21. The molecule has 2 aromatic rings. The third kappa shape index (κ3) is 6.94. The van der Waals surface area contributed by atoms with Crippen LogP contribution in [0.2, 0.25) is 0 Å². The molecule has 1 N–H and O–H groups in total. The first-order valence-corrected chi connectivity index (χ1v) is 12.7. The average Bonchev–Trinajstić information content (AvgIpc) is 2.68. The van der Waals surface area contributed by atoms with Crippen LogP contribution in [-0.4, -0.2) is 67.1 Å². The summed E-state index contributed by atoms with van der Waals surface area (Å²) in [5, 5.41) is 2.62. The molecule has 11 heteroatoms. The van der Waals surface area contributed by atoms with Gasteiger partial charge in [0, 0.05) is 14.1 Å². The van der Waals surface area contributed by atoms with Crippen LogP contribution < -0.4 is 14.4 Å². The summed E-state index contributed by atoms with van der Waals surface area (Å²) < 4.78 is 56.0. The van der Waals surface area contributed by atoms with Crippen molar-refractivity contribution in [3.63, 3.8) is 0 Å². The standard InChI is InChI=1S/C20H27N3O6S2/c1-16-6-5-7-17(14-16)23(30(4,25)26)15-20(24)21-12-13-29-18-8-10-19(11-9-18)31(27,28)22(2)3/h5-11,14H,12-13,15H2,1-4H3,(H,21,24). The van der Waals surface area contributed by atoms with E-state index in [0.717, 1.165) is 20.4 Å². The van der Waals surface area contributed by atoms with Gasteiger partial charge >= 0.3 is 0 Å². The molecule has 0 heterocycles. The first-order valence-electron chi connectivity index (χ1n) is 9.38. The Morgan fingerprint density at radius 3 is 2.23 bits per heavy atom. The van der Waals surface area contributed by atoms with E-state index in [1.807, 2.05) is 13.0 Å². The molecule has 0 atom stereocenters. The van der Waals surface area contributed by atoms with Crippen LogP contribution in [-0.2, 0) is 24.8 Å². The summed E-state index contributed by atoms with van der Waals surface area (Å²) in [4.78, 5) is 12.4. The second-order valence-electron chi connectivity index (χ2n) is 7.07. The van der Waals surface area contributed by atoms with Crippen LogP contribution in [0.4, 0.5) is 5.69 Å². The monoisotopic (exact) mass is 469 g/mol. The lowest BCUT2D eigenvalue weighted by molar-refractivity contribution is -0.119. The Hall–Kier alpha value is -2.63. The maximum absolute atomic E-state index is 12.2. The minimum Gasteiger partial charge on any atom is -0.492 e. The van der Waals surface area contributed by atoms with Gasteiger partial charge in [-0.2, -0.15) is 0 Å². The topological polar surface area (TPSA) is 113 Å². The van der Waals surface area contributed by atoms with Gasteiger partial charge in [-0.1, -0.05) is 12.1 Å². The minimum absolute atomic E-state index is 0.134. The summed E-state index contributed by atoms with van der Waals surface area (Å²) >= 11 is 0. The number of carbonyl (C=O) groups is 1. The number of aryl methyl sites for hydroxylation is 1. The van der Waals surface area contributed by atoms with Gasteiger partial charge in [-0.15, -0.1) is 0 Å². The van der Waals surface area contributed by atoms with Crippen LogP contribution >= 0.6 is 0 Å². The number of benzene rings is 2. The van der Waals surface area contributed by atoms with Gasteiger partial charge in [0.05, 0.1) is 23.4 Å². The Kier molecular flexibility index (Phi) is 8.04. The summed E-state index contributed by atoms with van der Waals surface area (Å²) in [5.74, 6) is -0.0209. The highest BCUT2D eigenvalue weighted by molar-refractivity contribution is 7.92. The molecule has 0 spiro atoms. The van der Waals surface area contributed by atoms with Crippen LogP contribution in [0.25, 0.3) is 0 Å². The normalized spacial score (nSPS) is 11.9. The van der Waals surface area contributed by atoms with Crippen molar-refractivity contribution in [2.45, 2.75) is 11.8 Å². The van der Waals surface area contributed by atoms with Crippen molar-refractivity contribution in [3.05, 3.63) is 54.1 Å². The van der Waals surface area contributed by atoms with E-state index in [1.165, 1.54) is 38.4 Å². The first kappa shape index (κ1) is 24.6. The van der Waals surface area contributed by atoms with Crippen LogP contribution in [0, 0.1) is 6.92 Å². The molecule has 0 radical (unpaired) electrons. The number of nitrogens with zero attached hydrogens (tertiary/aromatic N) is 2. The van der Waals surface area contributed by atoms with Crippen molar-refractivity contribution >= 4 is 31.6 Å². The van der Waals surface area contributed by atoms with Crippen molar-refractivity contribution in [1.29, 1.82) is 0 Å².